The summed E-state index contributed by atoms with van der Waals surface area (Å²) < 4.78 is 46.9. The smallest absolute Gasteiger partial charge is 0.248 e. The maximum atomic E-state index is 13.6. The fourth-order valence-electron chi connectivity index (χ4n) is 4.27. The van der Waals surface area contributed by atoms with E-state index >= 15 is 0 Å². The Labute approximate surface area is 223 Å². The highest BCUT2D eigenvalue weighted by Gasteiger charge is 2.35. The third-order valence-electron chi connectivity index (χ3n) is 6.20. The molecule has 0 spiro atoms. The molecule has 1 aromatic heterocycles. The summed E-state index contributed by atoms with van der Waals surface area (Å²) in [5, 5.41) is 8.93. The topological polar surface area (TPSA) is 39.1 Å². The van der Waals surface area contributed by atoms with Crippen molar-refractivity contribution in [2.24, 2.45) is 0 Å². The zero-order valence-corrected chi connectivity index (χ0v) is 22.0. The first kappa shape index (κ1) is 26.8. The Morgan fingerprint density at radius 3 is 2.50 bits per heavy atom. The van der Waals surface area contributed by atoms with Gasteiger partial charge < -0.3 is 10.1 Å². The highest BCUT2D eigenvalue weighted by Crippen LogP contribution is 2.35. The van der Waals surface area contributed by atoms with E-state index in [2.05, 4.69) is 5.32 Å². The second-order valence-electron chi connectivity index (χ2n) is 8.85. The zero-order valence-electron chi connectivity index (χ0n) is 19.7. The molecule has 0 radical (unpaired) electrons. The molecule has 1 aliphatic carbocycles. The molecule has 0 amide bonds. The molecule has 0 atom stereocenters. The van der Waals surface area contributed by atoms with E-state index < -0.39 is 12.6 Å². The van der Waals surface area contributed by atoms with E-state index in [0.717, 1.165) is 16.8 Å². The molecule has 4 rings (SSSR count). The Kier molecular flexibility index (Phi) is 8.48. The number of hydrogen-bond acceptors (Lipinski definition) is 3. The van der Waals surface area contributed by atoms with Gasteiger partial charge in [0.05, 0.1) is 29.7 Å². The summed E-state index contributed by atoms with van der Waals surface area (Å²) in [5.41, 5.74) is 3.59. The molecular formula is C26H26Cl2F3N3OS. The summed E-state index contributed by atoms with van der Waals surface area (Å²) in [6, 6.07) is 12.4. The molecule has 36 heavy (non-hydrogen) atoms. The second-order valence-corrected chi connectivity index (χ2v) is 10.1. The lowest BCUT2D eigenvalue weighted by atomic mass is 9.92. The van der Waals surface area contributed by atoms with Crippen LogP contribution in [0.5, 0.6) is 5.75 Å². The molecular weight excluding hydrogens is 530 g/mol. The molecule has 1 aliphatic rings. The molecule has 1 saturated carbocycles. The average molecular weight is 556 g/mol. The minimum absolute atomic E-state index is 0.134. The third-order valence-corrected chi connectivity index (χ3v) is 7.05. The van der Waals surface area contributed by atoms with Crippen LogP contribution in [0.4, 0.5) is 13.2 Å². The van der Waals surface area contributed by atoms with Crippen molar-refractivity contribution in [1.29, 1.82) is 0 Å². The van der Waals surface area contributed by atoms with Crippen LogP contribution in [-0.4, -0.2) is 40.0 Å². The van der Waals surface area contributed by atoms with Crippen molar-refractivity contribution in [3.05, 3.63) is 63.8 Å². The van der Waals surface area contributed by atoms with Crippen LogP contribution in [0.1, 0.15) is 43.4 Å². The van der Waals surface area contributed by atoms with Crippen molar-refractivity contribution >= 4 is 40.4 Å². The number of nitrogens with zero attached hydrogens (tertiary/aromatic N) is 2. The first-order chi connectivity index (χ1) is 17.2. The number of aromatic nitrogens is 2. The number of alkyl halides is 3. The SMILES string of the molecule is Cc1c(C(=S)NC2CCC(F)(F)CC2)nn(-c2ccc(Cl)cc2Cl)c1-c1ccc(OCCCF)cc1. The fraction of sp³-hybridized carbons (Fsp3) is 0.385. The van der Waals surface area contributed by atoms with Crippen LogP contribution in [-0.2, 0) is 0 Å². The summed E-state index contributed by atoms with van der Waals surface area (Å²) in [5.74, 6) is -1.98. The fourth-order valence-corrected chi connectivity index (χ4v) is 5.12. The highest BCUT2D eigenvalue weighted by atomic mass is 35.5. The van der Waals surface area contributed by atoms with E-state index in [1.54, 1.807) is 22.9 Å². The molecule has 1 heterocycles. The first-order valence-corrected chi connectivity index (χ1v) is 12.9. The molecule has 4 nitrogen and oxygen atoms in total. The van der Waals surface area contributed by atoms with E-state index in [1.165, 1.54) is 0 Å². The number of hydrogen-bond donors (Lipinski definition) is 1. The first-order valence-electron chi connectivity index (χ1n) is 11.7. The molecule has 1 fully saturated rings. The Morgan fingerprint density at radius 2 is 1.86 bits per heavy atom. The zero-order chi connectivity index (χ0) is 25.9. The molecule has 0 unspecified atom stereocenters. The maximum absolute atomic E-state index is 13.6. The van der Waals surface area contributed by atoms with E-state index in [1.807, 2.05) is 31.2 Å². The highest BCUT2D eigenvalue weighted by molar-refractivity contribution is 7.80. The van der Waals surface area contributed by atoms with E-state index in [9.17, 15) is 13.2 Å². The molecule has 0 saturated heterocycles. The van der Waals surface area contributed by atoms with E-state index in [-0.39, 0.29) is 18.9 Å². The Hall–Kier alpha value is -2.29. The monoisotopic (exact) mass is 555 g/mol. The maximum Gasteiger partial charge on any atom is 0.248 e. The molecule has 3 aromatic rings. The predicted molar refractivity (Wildman–Crippen MR) is 142 cm³/mol. The summed E-state index contributed by atoms with van der Waals surface area (Å²) in [6.07, 6.45) is 0.687. The van der Waals surface area contributed by atoms with Crippen LogP contribution in [0.2, 0.25) is 10.0 Å². The number of benzene rings is 2. The van der Waals surface area contributed by atoms with Gasteiger partial charge in [0.1, 0.15) is 16.4 Å². The second kappa shape index (κ2) is 11.4. The van der Waals surface area contributed by atoms with Crippen LogP contribution in [0.15, 0.2) is 42.5 Å². The Morgan fingerprint density at radius 1 is 1.17 bits per heavy atom. The van der Waals surface area contributed by atoms with Gasteiger partial charge in [-0.2, -0.15) is 5.10 Å². The number of ether oxygens (including phenoxy) is 1. The standard InChI is InChI=1S/C26H26Cl2F3N3OS/c1-16-23(25(36)32-19-9-11-26(30,31)12-10-19)33-34(22-8-5-18(27)15-21(22)28)24(16)17-3-6-20(7-4-17)35-14-2-13-29/h3-8,15,19H,2,9-14H2,1H3,(H,32,36). The van der Waals surface area contributed by atoms with Crippen molar-refractivity contribution in [2.45, 2.75) is 51.0 Å². The average Bonchev–Trinajstić information content (AvgIpc) is 3.18. The van der Waals surface area contributed by atoms with Crippen LogP contribution in [0.3, 0.4) is 0 Å². The third kappa shape index (κ3) is 6.15. The van der Waals surface area contributed by atoms with Gasteiger partial charge in [-0.25, -0.2) is 13.5 Å². The van der Waals surface area contributed by atoms with E-state index in [0.29, 0.717) is 58.0 Å². The lowest BCUT2D eigenvalue weighted by molar-refractivity contribution is -0.0389. The Bertz CT molecular complexity index is 1220. The summed E-state index contributed by atoms with van der Waals surface area (Å²) in [4.78, 5) is 0.402. The molecule has 10 heteroatoms. The summed E-state index contributed by atoms with van der Waals surface area (Å²) in [6.45, 7) is 1.77. The van der Waals surface area contributed by atoms with Crippen LogP contribution in [0.25, 0.3) is 16.9 Å². The van der Waals surface area contributed by atoms with Gasteiger partial charge in [0.25, 0.3) is 0 Å². The molecule has 0 aliphatic heterocycles. The van der Waals surface area contributed by atoms with Gasteiger partial charge in [-0.3, -0.25) is 4.39 Å². The minimum Gasteiger partial charge on any atom is -0.493 e. The summed E-state index contributed by atoms with van der Waals surface area (Å²) >= 11 is 18.3. The molecule has 192 valence electrons. The number of thiocarbonyl (C=S) groups is 1. The van der Waals surface area contributed by atoms with Gasteiger partial charge in [-0.1, -0.05) is 35.4 Å². The van der Waals surface area contributed by atoms with Gasteiger partial charge in [0.2, 0.25) is 5.92 Å². The lowest BCUT2D eigenvalue weighted by Crippen LogP contribution is -2.40. The van der Waals surface area contributed by atoms with Crippen LogP contribution in [0, 0.1) is 6.92 Å². The van der Waals surface area contributed by atoms with E-state index in [4.69, 9.17) is 45.3 Å². The minimum atomic E-state index is -2.61. The van der Waals surface area contributed by atoms with Crippen LogP contribution >= 0.6 is 35.4 Å². The van der Waals surface area contributed by atoms with Gasteiger partial charge in [-0.05, 0) is 62.2 Å². The van der Waals surface area contributed by atoms with Gasteiger partial charge >= 0.3 is 0 Å². The number of nitrogens with one attached hydrogen (secondary N) is 1. The van der Waals surface area contributed by atoms with Gasteiger partial charge in [0, 0.05) is 41.5 Å². The van der Waals surface area contributed by atoms with Crippen molar-refractivity contribution in [2.75, 3.05) is 13.3 Å². The lowest BCUT2D eigenvalue weighted by Gasteiger charge is -2.29. The number of rotatable bonds is 8. The quantitative estimate of drug-likeness (QED) is 0.228. The predicted octanol–water partition coefficient (Wildman–Crippen LogP) is 7.74. The molecule has 0 bridgehead atoms. The summed E-state index contributed by atoms with van der Waals surface area (Å²) in [7, 11) is 0. The largest absolute Gasteiger partial charge is 0.493 e. The Balaban J connectivity index is 1.68. The molecule has 2 aromatic carbocycles. The normalized spacial score (nSPS) is 15.6. The van der Waals surface area contributed by atoms with Gasteiger partial charge in [0.15, 0.2) is 0 Å². The number of halogens is 5. The van der Waals surface area contributed by atoms with Crippen molar-refractivity contribution in [1.82, 2.24) is 15.1 Å². The molecule has 1 N–H and O–H groups in total. The van der Waals surface area contributed by atoms with Crippen LogP contribution < -0.4 is 10.1 Å². The van der Waals surface area contributed by atoms with Crippen molar-refractivity contribution in [3.63, 3.8) is 0 Å². The van der Waals surface area contributed by atoms with Gasteiger partial charge in [-0.15, -0.1) is 0 Å². The van der Waals surface area contributed by atoms with Crippen molar-refractivity contribution < 1.29 is 17.9 Å². The van der Waals surface area contributed by atoms with Crippen molar-refractivity contribution in [3.8, 4) is 22.7 Å².